The molecule has 0 bridgehead atoms. The Balaban J connectivity index is 2.05. The zero-order valence-electron chi connectivity index (χ0n) is 15.5. The summed E-state index contributed by atoms with van der Waals surface area (Å²) in [6.45, 7) is 7.23. The average molecular weight is 382 g/mol. The van der Waals surface area contributed by atoms with Gasteiger partial charge in [0.05, 0.1) is 10.5 Å². The Bertz CT molecular complexity index is 735. The largest absolute Gasteiger partial charge is 0.449 e. The molecule has 0 aromatic heterocycles. The van der Waals surface area contributed by atoms with Crippen molar-refractivity contribution in [3.63, 3.8) is 0 Å². The van der Waals surface area contributed by atoms with E-state index in [1.807, 2.05) is 0 Å². The Morgan fingerprint density at radius 2 is 1.65 bits per heavy atom. The van der Waals surface area contributed by atoms with E-state index in [1.54, 1.807) is 25.7 Å². The third-order valence-corrected chi connectivity index (χ3v) is 6.55. The lowest BCUT2D eigenvalue weighted by Gasteiger charge is -2.20. The van der Waals surface area contributed by atoms with Crippen LogP contribution < -0.4 is 0 Å². The van der Waals surface area contributed by atoms with E-state index in [0.717, 1.165) is 12.8 Å². The molecule has 0 radical (unpaired) electrons. The lowest BCUT2D eigenvalue weighted by Crippen LogP contribution is -2.38. The Labute approximate surface area is 155 Å². The van der Waals surface area contributed by atoms with Crippen molar-refractivity contribution in [3.8, 4) is 0 Å². The van der Waals surface area contributed by atoms with Crippen LogP contribution in [0.25, 0.3) is 0 Å². The molecule has 1 aromatic carbocycles. The molecule has 1 fully saturated rings. The Morgan fingerprint density at radius 1 is 1.12 bits per heavy atom. The van der Waals surface area contributed by atoms with Crippen LogP contribution in [0.3, 0.4) is 0 Å². The van der Waals surface area contributed by atoms with Crippen LogP contribution in [-0.2, 0) is 19.6 Å². The number of carbonyl (C=O) groups excluding carboxylic acids is 2. The van der Waals surface area contributed by atoms with Crippen LogP contribution in [0.4, 0.5) is 0 Å². The molecular weight excluding hydrogens is 356 g/mol. The summed E-state index contributed by atoms with van der Waals surface area (Å²) in [7, 11) is -3.57. The molecular formula is C18H26N2O5S. The third kappa shape index (κ3) is 4.42. The molecule has 1 aromatic rings. The fraction of sp³-hybridized carbons (Fsp3) is 0.556. The van der Waals surface area contributed by atoms with Gasteiger partial charge >= 0.3 is 5.97 Å². The van der Waals surface area contributed by atoms with Crippen LogP contribution in [0.1, 0.15) is 44.0 Å². The summed E-state index contributed by atoms with van der Waals surface area (Å²) < 4.78 is 31.5. The molecule has 0 aliphatic carbocycles. The Hall–Kier alpha value is -1.93. The molecule has 8 heteroatoms. The van der Waals surface area contributed by atoms with Crippen molar-refractivity contribution in [3.05, 3.63) is 29.8 Å². The molecule has 1 aliphatic heterocycles. The van der Waals surface area contributed by atoms with E-state index >= 15 is 0 Å². The molecule has 144 valence electrons. The van der Waals surface area contributed by atoms with Gasteiger partial charge in [0.2, 0.25) is 10.0 Å². The number of benzene rings is 1. The normalized spacial score (nSPS) is 15.9. The maximum absolute atomic E-state index is 12.4. The number of esters is 1. The predicted octanol–water partition coefficient (Wildman–Crippen LogP) is 1.88. The molecule has 0 saturated carbocycles. The quantitative estimate of drug-likeness (QED) is 0.673. The molecule has 0 unspecified atom stereocenters. The van der Waals surface area contributed by atoms with E-state index in [-0.39, 0.29) is 16.4 Å². The van der Waals surface area contributed by atoms with Crippen LogP contribution in [0.5, 0.6) is 0 Å². The van der Waals surface area contributed by atoms with Crippen molar-refractivity contribution in [2.45, 2.75) is 44.6 Å². The molecule has 26 heavy (non-hydrogen) atoms. The summed E-state index contributed by atoms with van der Waals surface area (Å²) in [6.07, 6.45) is 1.07. The molecule has 1 heterocycles. The molecule has 0 spiro atoms. The standard InChI is InChI=1S/C18H26N2O5S/c1-4-20(5-2)26(23,24)16-10-8-15(9-11-16)18(22)25-14(3)17(21)19-12-6-7-13-19/h8-11,14H,4-7,12-13H2,1-3H3/t14-/m1/s1. The second-order valence-corrected chi connectivity index (χ2v) is 8.13. The number of nitrogens with zero attached hydrogens (tertiary/aromatic N) is 2. The minimum Gasteiger partial charge on any atom is -0.449 e. The van der Waals surface area contributed by atoms with Crippen molar-refractivity contribution in [1.29, 1.82) is 0 Å². The van der Waals surface area contributed by atoms with Crippen molar-refractivity contribution in [2.24, 2.45) is 0 Å². The number of likely N-dealkylation sites (tertiary alicyclic amines) is 1. The molecule has 2 rings (SSSR count). The maximum Gasteiger partial charge on any atom is 0.338 e. The predicted molar refractivity (Wildman–Crippen MR) is 97.2 cm³/mol. The van der Waals surface area contributed by atoms with E-state index in [4.69, 9.17) is 4.74 Å². The van der Waals surface area contributed by atoms with Gasteiger partial charge in [-0.25, -0.2) is 13.2 Å². The highest BCUT2D eigenvalue weighted by molar-refractivity contribution is 7.89. The fourth-order valence-electron chi connectivity index (χ4n) is 2.95. The maximum atomic E-state index is 12.4. The summed E-state index contributed by atoms with van der Waals surface area (Å²) in [5, 5.41) is 0. The minimum absolute atomic E-state index is 0.124. The molecule has 1 amide bonds. The third-order valence-electron chi connectivity index (χ3n) is 4.48. The first-order valence-electron chi connectivity index (χ1n) is 8.91. The van der Waals surface area contributed by atoms with Gasteiger partial charge in [-0.2, -0.15) is 4.31 Å². The van der Waals surface area contributed by atoms with E-state index < -0.39 is 22.1 Å². The van der Waals surface area contributed by atoms with E-state index in [2.05, 4.69) is 0 Å². The first-order chi connectivity index (χ1) is 12.3. The second-order valence-electron chi connectivity index (χ2n) is 6.19. The number of amides is 1. The van der Waals surface area contributed by atoms with Crippen LogP contribution >= 0.6 is 0 Å². The van der Waals surface area contributed by atoms with Crippen LogP contribution in [0.2, 0.25) is 0 Å². The highest BCUT2D eigenvalue weighted by Gasteiger charge is 2.27. The molecule has 1 saturated heterocycles. The van der Waals surface area contributed by atoms with Gasteiger partial charge in [-0.3, -0.25) is 4.79 Å². The van der Waals surface area contributed by atoms with E-state index in [9.17, 15) is 18.0 Å². The summed E-state index contributed by atoms with van der Waals surface area (Å²) in [5.74, 6) is -0.839. The number of ether oxygens (including phenoxy) is 1. The number of hydrogen-bond acceptors (Lipinski definition) is 5. The highest BCUT2D eigenvalue weighted by atomic mass is 32.2. The number of carbonyl (C=O) groups is 2. The summed E-state index contributed by atoms with van der Waals surface area (Å²) in [5.41, 5.74) is 0.213. The van der Waals surface area contributed by atoms with Gasteiger partial charge in [0.15, 0.2) is 6.10 Å². The monoisotopic (exact) mass is 382 g/mol. The first-order valence-corrected chi connectivity index (χ1v) is 10.3. The van der Waals surface area contributed by atoms with Gasteiger partial charge in [-0.05, 0) is 44.0 Å². The number of hydrogen-bond donors (Lipinski definition) is 0. The van der Waals surface area contributed by atoms with Gasteiger partial charge in [-0.1, -0.05) is 13.8 Å². The highest BCUT2D eigenvalue weighted by Crippen LogP contribution is 2.17. The van der Waals surface area contributed by atoms with Gasteiger partial charge in [0, 0.05) is 26.2 Å². The first kappa shape index (κ1) is 20.4. The number of rotatable bonds is 7. The minimum atomic E-state index is -3.57. The van der Waals surface area contributed by atoms with Gasteiger partial charge in [-0.15, -0.1) is 0 Å². The Morgan fingerprint density at radius 3 is 2.15 bits per heavy atom. The summed E-state index contributed by atoms with van der Waals surface area (Å²) in [6, 6.07) is 5.59. The number of sulfonamides is 1. The van der Waals surface area contributed by atoms with Crippen LogP contribution in [0.15, 0.2) is 29.2 Å². The lowest BCUT2D eigenvalue weighted by molar-refractivity contribution is -0.138. The topological polar surface area (TPSA) is 84.0 Å². The molecule has 0 N–H and O–H groups in total. The van der Waals surface area contributed by atoms with Gasteiger partial charge in [0.1, 0.15) is 0 Å². The molecule has 1 aliphatic rings. The second kappa shape index (κ2) is 8.64. The van der Waals surface area contributed by atoms with Crippen LogP contribution in [-0.4, -0.2) is 61.8 Å². The lowest BCUT2D eigenvalue weighted by atomic mass is 10.2. The Kier molecular flexibility index (Phi) is 6.77. The summed E-state index contributed by atoms with van der Waals surface area (Å²) >= 11 is 0. The van der Waals surface area contributed by atoms with Crippen molar-refractivity contribution < 1.29 is 22.7 Å². The molecule has 1 atom stereocenters. The SMILES string of the molecule is CCN(CC)S(=O)(=O)c1ccc(C(=O)O[C@H](C)C(=O)N2CCCC2)cc1. The summed E-state index contributed by atoms with van der Waals surface area (Å²) in [4.78, 5) is 26.2. The van der Waals surface area contributed by atoms with E-state index in [0.29, 0.717) is 26.2 Å². The zero-order valence-corrected chi connectivity index (χ0v) is 16.3. The van der Waals surface area contributed by atoms with E-state index in [1.165, 1.54) is 28.6 Å². The van der Waals surface area contributed by atoms with Gasteiger partial charge in [0.25, 0.3) is 5.91 Å². The smallest absolute Gasteiger partial charge is 0.338 e. The van der Waals surface area contributed by atoms with Crippen LogP contribution in [0, 0.1) is 0 Å². The fourth-order valence-corrected chi connectivity index (χ4v) is 4.41. The van der Waals surface area contributed by atoms with Crippen molar-refractivity contribution in [2.75, 3.05) is 26.2 Å². The van der Waals surface area contributed by atoms with Crippen molar-refractivity contribution >= 4 is 21.9 Å². The zero-order chi connectivity index (χ0) is 19.3. The van der Waals surface area contributed by atoms with Crippen molar-refractivity contribution in [1.82, 2.24) is 9.21 Å². The average Bonchev–Trinajstić information content (AvgIpc) is 3.16. The molecule has 7 nitrogen and oxygen atoms in total. The van der Waals surface area contributed by atoms with Gasteiger partial charge < -0.3 is 9.64 Å².